The van der Waals surface area contributed by atoms with Gasteiger partial charge in [0.15, 0.2) is 5.13 Å². The molecule has 0 aliphatic carbocycles. The summed E-state index contributed by atoms with van der Waals surface area (Å²) in [5, 5.41) is 1.32. The first-order valence-electron chi connectivity index (χ1n) is 8.94. The SMILES string of the molecule is Cc1ccc(CC(=O)N(Cc2ccco2)c2nc3c(C)cc(Cl)cc3s2)cc1. The van der Waals surface area contributed by atoms with Crippen LogP contribution < -0.4 is 4.90 Å². The van der Waals surface area contributed by atoms with Crippen LogP contribution in [0.25, 0.3) is 10.2 Å². The predicted octanol–water partition coefficient (Wildman–Crippen LogP) is 5.94. The van der Waals surface area contributed by atoms with Gasteiger partial charge in [-0.2, -0.15) is 0 Å². The van der Waals surface area contributed by atoms with Crippen molar-refractivity contribution in [2.75, 3.05) is 4.90 Å². The molecule has 0 unspecified atom stereocenters. The Morgan fingerprint density at radius 2 is 1.96 bits per heavy atom. The van der Waals surface area contributed by atoms with E-state index in [2.05, 4.69) is 0 Å². The van der Waals surface area contributed by atoms with Crippen LogP contribution in [0.4, 0.5) is 5.13 Å². The standard InChI is InChI=1S/C22H19ClN2O2S/c1-14-5-7-16(8-6-14)11-20(26)25(13-18-4-3-9-27-18)22-24-21-15(2)10-17(23)12-19(21)28-22/h3-10,12H,11,13H2,1-2H3. The van der Waals surface area contributed by atoms with Gasteiger partial charge >= 0.3 is 0 Å². The molecule has 4 aromatic rings. The largest absolute Gasteiger partial charge is 0.467 e. The molecule has 0 spiro atoms. The van der Waals surface area contributed by atoms with Crippen molar-refractivity contribution in [2.24, 2.45) is 0 Å². The lowest BCUT2D eigenvalue weighted by Gasteiger charge is -2.19. The fourth-order valence-electron chi connectivity index (χ4n) is 3.05. The number of rotatable bonds is 5. The zero-order valence-corrected chi connectivity index (χ0v) is 17.2. The van der Waals surface area contributed by atoms with Crippen molar-refractivity contribution in [3.63, 3.8) is 0 Å². The minimum Gasteiger partial charge on any atom is -0.467 e. The number of anilines is 1. The van der Waals surface area contributed by atoms with Gasteiger partial charge in [0.05, 0.1) is 29.4 Å². The molecule has 0 saturated heterocycles. The second-order valence-electron chi connectivity index (χ2n) is 6.79. The van der Waals surface area contributed by atoms with E-state index >= 15 is 0 Å². The topological polar surface area (TPSA) is 46.3 Å². The van der Waals surface area contributed by atoms with Crippen LogP contribution in [0.2, 0.25) is 5.02 Å². The summed E-state index contributed by atoms with van der Waals surface area (Å²) in [5.41, 5.74) is 4.01. The van der Waals surface area contributed by atoms with Crippen molar-refractivity contribution in [1.29, 1.82) is 0 Å². The molecule has 0 bridgehead atoms. The number of furan rings is 1. The molecule has 0 fully saturated rings. The van der Waals surface area contributed by atoms with Crippen LogP contribution in [0.5, 0.6) is 0 Å². The molecule has 0 saturated carbocycles. The molecule has 6 heteroatoms. The first-order chi connectivity index (χ1) is 13.5. The normalized spacial score (nSPS) is 11.1. The average molecular weight is 411 g/mol. The summed E-state index contributed by atoms with van der Waals surface area (Å²) in [4.78, 5) is 19.6. The Kier molecular flexibility index (Phi) is 5.20. The average Bonchev–Trinajstić information content (AvgIpc) is 3.31. The number of amides is 1. The maximum absolute atomic E-state index is 13.2. The van der Waals surface area contributed by atoms with Crippen LogP contribution in [0, 0.1) is 13.8 Å². The number of aromatic nitrogens is 1. The van der Waals surface area contributed by atoms with Crippen molar-refractivity contribution in [1.82, 2.24) is 4.98 Å². The van der Waals surface area contributed by atoms with Crippen LogP contribution in [0.1, 0.15) is 22.5 Å². The Bertz CT molecular complexity index is 1120. The van der Waals surface area contributed by atoms with E-state index in [0.29, 0.717) is 28.9 Å². The highest BCUT2D eigenvalue weighted by Crippen LogP contribution is 2.34. The highest BCUT2D eigenvalue weighted by atomic mass is 35.5. The van der Waals surface area contributed by atoms with Crippen LogP contribution in [-0.2, 0) is 17.8 Å². The van der Waals surface area contributed by atoms with Gasteiger partial charge in [0.2, 0.25) is 5.91 Å². The zero-order chi connectivity index (χ0) is 19.7. The van der Waals surface area contributed by atoms with Crippen molar-refractivity contribution in [2.45, 2.75) is 26.8 Å². The summed E-state index contributed by atoms with van der Waals surface area (Å²) < 4.78 is 6.45. The van der Waals surface area contributed by atoms with E-state index < -0.39 is 0 Å². The van der Waals surface area contributed by atoms with E-state index in [9.17, 15) is 4.79 Å². The number of hydrogen-bond donors (Lipinski definition) is 0. The smallest absolute Gasteiger partial charge is 0.233 e. The van der Waals surface area contributed by atoms with Gasteiger partial charge in [-0.1, -0.05) is 52.8 Å². The van der Waals surface area contributed by atoms with Gasteiger partial charge in [-0.05, 0) is 49.2 Å². The fourth-order valence-corrected chi connectivity index (χ4v) is 4.49. The van der Waals surface area contributed by atoms with E-state index in [1.165, 1.54) is 16.9 Å². The molecule has 0 N–H and O–H groups in total. The lowest BCUT2D eigenvalue weighted by molar-refractivity contribution is -0.118. The molecular weight excluding hydrogens is 392 g/mol. The molecule has 2 heterocycles. The number of aryl methyl sites for hydroxylation is 2. The highest BCUT2D eigenvalue weighted by Gasteiger charge is 2.22. The molecule has 0 atom stereocenters. The van der Waals surface area contributed by atoms with Crippen molar-refractivity contribution >= 4 is 44.2 Å². The first kappa shape index (κ1) is 18.7. The minimum absolute atomic E-state index is 0.0249. The van der Waals surface area contributed by atoms with E-state index in [1.807, 2.05) is 62.4 Å². The molecule has 2 aromatic carbocycles. The number of carbonyl (C=O) groups excluding carboxylic acids is 1. The minimum atomic E-state index is -0.0249. The molecule has 0 aliphatic heterocycles. The Morgan fingerprint density at radius 3 is 2.68 bits per heavy atom. The number of fused-ring (bicyclic) bond motifs is 1. The summed E-state index contributed by atoms with van der Waals surface area (Å²) in [5.74, 6) is 0.689. The summed E-state index contributed by atoms with van der Waals surface area (Å²) in [6, 6.07) is 15.5. The maximum atomic E-state index is 13.2. The van der Waals surface area contributed by atoms with E-state index in [0.717, 1.165) is 21.3 Å². The second-order valence-corrected chi connectivity index (χ2v) is 8.23. The van der Waals surface area contributed by atoms with Gasteiger partial charge in [0.1, 0.15) is 5.76 Å². The van der Waals surface area contributed by atoms with E-state index in [4.69, 9.17) is 21.0 Å². The van der Waals surface area contributed by atoms with Gasteiger partial charge in [-0.25, -0.2) is 4.98 Å². The van der Waals surface area contributed by atoms with Gasteiger partial charge in [0.25, 0.3) is 0 Å². The van der Waals surface area contributed by atoms with Gasteiger partial charge < -0.3 is 4.42 Å². The third-order valence-corrected chi connectivity index (χ3v) is 5.78. The first-order valence-corrected chi connectivity index (χ1v) is 10.1. The zero-order valence-electron chi connectivity index (χ0n) is 15.6. The molecule has 142 valence electrons. The van der Waals surface area contributed by atoms with Crippen molar-refractivity contribution in [3.05, 3.63) is 82.3 Å². The Labute approximate surface area is 172 Å². The molecule has 28 heavy (non-hydrogen) atoms. The molecule has 1 amide bonds. The molecule has 0 radical (unpaired) electrons. The third-order valence-electron chi connectivity index (χ3n) is 4.54. The van der Waals surface area contributed by atoms with Gasteiger partial charge in [-0.3, -0.25) is 9.69 Å². The number of thiazole rings is 1. The summed E-state index contributed by atoms with van der Waals surface area (Å²) in [7, 11) is 0. The number of hydrogen-bond acceptors (Lipinski definition) is 4. The summed E-state index contributed by atoms with van der Waals surface area (Å²) in [6.45, 7) is 4.34. The summed E-state index contributed by atoms with van der Waals surface area (Å²) >= 11 is 7.66. The Balaban J connectivity index is 1.69. The van der Waals surface area contributed by atoms with Crippen LogP contribution >= 0.6 is 22.9 Å². The Hall–Kier alpha value is -2.63. The predicted molar refractivity (Wildman–Crippen MR) is 114 cm³/mol. The van der Waals surface area contributed by atoms with Crippen molar-refractivity contribution < 1.29 is 9.21 Å². The third kappa shape index (κ3) is 3.96. The maximum Gasteiger partial charge on any atom is 0.233 e. The number of carbonyl (C=O) groups is 1. The highest BCUT2D eigenvalue weighted by molar-refractivity contribution is 7.22. The van der Waals surface area contributed by atoms with E-state index in [-0.39, 0.29) is 5.91 Å². The van der Waals surface area contributed by atoms with Crippen LogP contribution in [-0.4, -0.2) is 10.9 Å². The van der Waals surface area contributed by atoms with Gasteiger partial charge in [0, 0.05) is 5.02 Å². The second kappa shape index (κ2) is 7.78. The monoisotopic (exact) mass is 410 g/mol. The Morgan fingerprint density at radius 1 is 1.18 bits per heavy atom. The quantitative estimate of drug-likeness (QED) is 0.409. The van der Waals surface area contributed by atoms with Gasteiger partial charge in [-0.15, -0.1) is 0 Å². The van der Waals surface area contributed by atoms with Crippen molar-refractivity contribution in [3.8, 4) is 0 Å². The molecule has 2 aromatic heterocycles. The number of halogens is 1. The summed E-state index contributed by atoms with van der Waals surface area (Å²) in [6.07, 6.45) is 1.91. The molecule has 4 rings (SSSR count). The molecule has 0 aliphatic rings. The lowest BCUT2D eigenvalue weighted by Crippen LogP contribution is -2.31. The molecule has 4 nitrogen and oxygen atoms in total. The number of benzene rings is 2. The van der Waals surface area contributed by atoms with Crippen LogP contribution in [0.3, 0.4) is 0 Å². The number of nitrogens with zero attached hydrogens (tertiary/aromatic N) is 2. The van der Waals surface area contributed by atoms with Crippen LogP contribution in [0.15, 0.2) is 59.2 Å². The molecular formula is C22H19ClN2O2S. The fraction of sp³-hybridized carbons (Fsp3) is 0.182. The van der Waals surface area contributed by atoms with E-state index in [1.54, 1.807) is 11.2 Å². The lowest BCUT2D eigenvalue weighted by atomic mass is 10.1.